The van der Waals surface area contributed by atoms with E-state index in [-0.39, 0.29) is 0 Å². The lowest BCUT2D eigenvalue weighted by Gasteiger charge is -2.27. The smallest absolute Gasteiger partial charge is 0.128 e. The van der Waals surface area contributed by atoms with Crippen LogP contribution in [0.4, 0.5) is 11.5 Å². The monoisotopic (exact) mass is 284 g/mol. The van der Waals surface area contributed by atoms with Gasteiger partial charge in [0.1, 0.15) is 5.82 Å². The highest BCUT2D eigenvalue weighted by molar-refractivity contribution is 5.93. The van der Waals surface area contributed by atoms with Crippen molar-refractivity contribution in [3.05, 3.63) is 30.3 Å². The number of nitrogens with zero attached hydrogens (tertiary/aromatic N) is 2. The van der Waals surface area contributed by atoms with Crippen molar-refractivity contribution in [2.75, 3.05) is 24.3 Å². The van der Waals surface area contributed by atoms with Gasteiger partial charge in [-0.15, -0.1) is 0 Å². The molecule has 1 heterocycles. The molecule has 0 radical (unpaired) electrons. The van der Waals surface area contributed by atoms with Crippen LogP contribution in [0.25, 0.3) is 10.9 Å². The van der Waals surface area contributed by atoms with Crippen LogP contribution in [0, 0.1) is 0 Å². The van der Waals surface area contributed by atoms with Crippen molar-refractivity contribution in [2.24, 2.45) is 5.73 Å². The molecule has 0 amide bonds. The van der Waals surface area contributed by atoms with E-state index in [1.54, 1.807) is 0 Å². The molecule has 1 fully saturated rings. The lowest BCUT2D eigenvalue weighted by Crippen LogP contribution is -2.33. The number of hydrogen-bond donors (Lipinski definition) is 2. The van der Waals surface area contributed by atoms with Gasteiger partial charge in [-0.2, -0.15) is 0 Å². The summed E-state index contributed by atoms with van der Waals surface area (Å²) in [5.74, 6) is 0.970. The Morgan fingerprint density at radius 1 is 1.14 bits per heavy atom. The zero-order chi connectivity index (χ0) is 14.8. The summed E-state index contributed by atoms with van der Waals surface area (Å²) in [5.41, 5.74) is 8.22. The number of fused-ring (bicyclic) bond motifs is 1. The van der Waals surface area contributed by atoms with Crippen LogP contribution in [-0.4, -0.2) is 31.2 Å². The van der Waals surface area contributed by atoms with Gasteiger partial charge in [-0.25, -0.2) is 4.98 Å². The van der Waals surface area contributed by atoms with Gasteiger partial charge in [0.2, 0.25) is 0 Å². The zero-order valence-electron chi connectivity index (χ0n) is 12.8. The highest BCUT2D eigenvalue weighted by Crippen LogP contribution is 2.28. The van der Waals surface area contributed by atoms with Gasteiger partial charge in [0, 0.05) is 43.3 Å². The number of rotatable bonds is 3. The second kappa shape index (κ2) is 5.90. The minimum absolute atomic E-state index is 0.380. The van der Waals surface area contributed by atoms with E-state index in [0.717, 1.165) is 37.0 Å². The number of para-hydroxylation sites is 1. The average Bonchev–Trinajstić information content (AvgIpc) is 2.48. The number of pyridine rings is 1. The number of benzene rings is 1. The van der Waals surface area contributed by atoms with Gasteiger partial charge in [-0.05, 0) is 31.7 Å². The molecule has 2 aromatic rings. The van der Waals surface area contributed by atoms with Gasteiger partial charge in [-0.3, -0.25) is 0 Å². The van der Waals surface area contributed by atoms with Gasteiger partial charge in [0.25, 0.3) is 0 Å². The van der Waals surface area contributed by atoms with Crippen LogP contribution < -0.4 is 16.0 Å². The van der Waals surface area contributed by atoms with Crippen molar-refractivity contribution in [3.63, 3.8) is 0 Å². The molecule has 1 saturated carbocycles. The topological polar surface area (TPSA) is 54.2 Å². The van der Waals surface area contributed by atoms with E-state index in [2.05, 4.69) is 48.6 Å². The molecule has 3 N–H and O–H groups in total. The van der Waals surface area contributed by atoms with Crippen LogP contribution >= 0.6 is 0 Å². The fourth-order valence-corrected chi connectivity index (χ4v) is 3.07. The molecular weight excluding hydrogens is 260 g/mol. The molecule has 1 aromatic heterocycles. The molecule has 4 heteroatoms. The molecule has 3 rings (SSSR count). The van der Waals surface area contributed by atoms with E-state index in [1.807, 2.05) is 6.07 Å². The van der Waals surface area contributed by atoms with E-state index in [9.17, 15) is 0 Å². The Morgan fingerprint density at radius 2 is 1.86 bits per heavy atom. The summed E-state index contributed by atoms with van der Waals surface area (Å²) in [6.45, 7) is 0. The molecule has 1 aliphatic carbocycles. The van der Waals surface area contributed by atoms with Crippen molar-refractivity contribution in [1.82, 2.24) is 4.98 Å². The summed E-state index contributed by atoms with van der Waals surface area (Å²) in [6.07, 6.45) is 4.47. The Kier molecular flexibility index (Phi) is 3.97. The number of nitrogens with two attached hydrogens (primary N) is 1. The van der Waals surface area contributed by atoms with Gasteiger partial charge in [0.05, 0.1) is 5.52 Å². The number of aromatic nitrogens is 1. The Morgan fingerprint density at radius 3 is 2.57 bits per heavy atom. The molecule has 21 heavy (non-hydrogen) atoms. The van der Waals surface area contributed by atoms with E-state index < -0.39 is 0 Å². The summed E-state index contributed by atoms with van der Waals surface area (Å²) in [7, 11) is 4.15. The minimum atomic E-state index is 0.380. The Hall–Kier alpha value is -1.81. The number of hydrogen-bond acceptors (Lipinski definition) is 4. The van der Waals surface area contributed by atoms with E-state index in [4.69, 9.17) is 10.7 Å². The summed E-state index contributed by atoms with van der Waals surface area (Å²) in [4.78, 5) is 6.91. The van der Waals surface area contributed by atoms with Crippen molar-refractivity contribution >= 4 is 22.4 Å². The summed E-state index contributed by atoms with van der Waals surface area (Å²) >= 11 is 0. The third kappa shape index (κ3) is 3.10. The highest BCUT2D eigenvalue weighted by atomic mass is 15.1. The molecule has 0 saturated heterocycles. The van der Waals surface area contributed by atoms with Crippen molar-refractivity contribution in [1.29, 1.82) is 0 Å². The molecule has 0 atom stereocenters. The maximum atomic E-state index is 5.98. The van der Waals surface area contributed by atoms with Gasteiger partial charge < -0.3 is 16.0 Å². The summed E-state index contributed by atoms with van der Waals surface area (Å²) in [6, 6.07) is 11.3. The number of nitrogens with one attached hydrogen (secondary N) is 1. The maximum Gasteiger partial charge on any atom is 0.128 e. The first-order valence-electron chi connectivity index (χ1n) is 7.72. The third-order valence-electron chi connectivity index (χ3n) is 4.30. The van der Waals surface area contributed by atoms with Crippen molar-refractivity contribution < 1.29 is 0 Å². The predicted molar refractivity (Wildman–Crippen MR) is 89.9 cm³/mol. The van der Waals surface area contributed by atoms with Crippen molar-refractivity contribution in [2.45, 2.75) is 37.8 Å². The molecule has 4 nitrogen and oxygen atoms in total. The van der Waals surface area contributed by atoms with Crippen LogP contribution in [0.5, 0.6) is 0 Å². The first-order valence-corrected chi connectivity index (χ1v) is 7.72. The Labute approximate surface area is 126 Å². The van der Waals surface area contributed by atoms with E-state index in [0.29, 0.717) is 12.1 Å². The Bertz CT molecular complexity index is 615. The van der Waals surface area contributed by atoms with Crippen LogP contribution in [0.3, 0.4) is 0 Å². The SMILES string of the molecule is CN(C)c1cc(NC2CCC(N)CC2)nc2ccccc12. The summed E-state index contributed by atoms with van der Waals surface area (Å²) < 4.78 is 0. The first kappa shape index (κ1) is 14.1. The van der Waals surface area contributed by atoms with Gasteiger partial charge in [0.15, 0.2) is 0 Å². The lowest BCUT2D eigenvalue weighted by molar-refractivity contribution is 0.410. The van der Waals surface area contributed by atoms with E-state index in [1.165, 1.54) is 11.1 Å². The second-order valence-electron chi connectivity index (χ2n) is 6.19. The highest BCUT2D eigenvalue weighted by Gasteiger charge is 2.19. The molecule has 1 aliphatic rings. The average molecular weight is 284 g/mol. The normalized spacial score (nSPS) is 22.2. The van der Waals surface area contributed by atoms with Crippen molar-refractivity contribution in [3.8, 4) is 0 Å². The van der Waals surface area contributed by atoms with Gasteiger partial charge >= 0.3 is 0 Å². The first-order chi connectivity index (χ1) is 10.1. The van der Waals surface area contributed by atoms with Gasteiger partial charge in [-0.1, -0.05) is 18.2 Å². The van der Waals surface area contributed by atoms with Crippen LogP contribution in [0.2, 0.25) is 0 Å². The van der Waals surface area contributed by atoms with Crippen LogP contribution in [0.15, 0.2) is 30.3 Å². The lowest BCUT2D eigenvalue weighted by atomic mass is 9.92. The minimum Gasteiger partial charge on any atom is -0.377 e. The zero-order valence-corrected chi connectivity index (χ0v) is 12.8. The molecule has 112 valence electrons. The number of anilines is 2. The molecule has 0 aliphatic heterocycles. The largest absolute Gasteiger partial charge is 0.377 e. The quantitative estimate of drug-likeness (QED) is 0.910. The van der Waals surface area contributed by atoms with Crippen LogP contribution in [-0.2, 0) is 0 Å². The molecule has 0 spiro atoms. The fourth-order valence-electron chi connectivity index (χ4n) is 3.07. The third-order valence-corrected chi connectivity index (χ3v) is 4.30. The van der Waals surface area contributed by atoms with E-state index >= 15 is 0 Å². The van der Waals surface area contributed by atoms with Crippen LogP contribution in [0.1, 0.15) is 25.7 Å². The standard InChI is InChI=1S/C17H24N4/c1-21(2)16-11-17(19-13-9-7-12(18)8-10-13)20-15-6-4-3-5-14(15)16/h3-6,11-13H,7-10,18H2,1-2H3,(H,19,20). The fraction of sp³-hybridized carbons (Fsp3) is 0.471. The molecular formula is C17H24N4. The summed E-state index contributed by atoms with van der Waals surface area (Å²) in [5, 5.41) is 4.79. The molecule has 0 bridgehead atoms. The maximum absolute atomic E-state index is 5.98. The Balaban J connectivity index is 1.88. The molecule has 0 unspecified atom stereocenters. The predicted octanol–water partition coefficient (Wildman–Crippen LogP) is 2.98. The molecule has 1 aromatic carbocycles. The second-order valence-corrected chi connectivity index (χ2v) is 6.19.